The highest BCUT2D eigenvalue weighted by atomic mass is 15.2. The number of rotatable bonds is 4. The van der Waals surface area contributed by atoms with Gasteiger partial charge in [0.1, 0.15) is 0 Å². The van der Waals surface area contributed by atoms with Gasteiger partial charge < -0.3 is 10.2 Å². The lowest BCUT2D eigenvalue weighted by Gasteiger charge is -2.45. The topological polar surface area (TPSA) is 18.5 Å². The molecule has 0 amide bonds. The monoisotopic (exact) mass is 281 g/mol. The molecule has 2 aliphatic rings. The van der Waals surface area contributed by atoms with E-state index in [1.165, 1.54) is 52.1 Å². The first-order valence-electron chi connectivity index (χ1n) is 8.63. The van der Waals surface area contributed by atoms with E-state index < -0.39 is 0 Å². The van der Waals surface area contributed by atoms with Crippen molar-refractivity contribution in [2.75, 3.05) is 39.3 Å². The Morgan fingerprint density at radius 3 is 2.45 bits per heavy atom. The summed E-state index contributed by atoms with van der Waals surface area (Å²) in [5.41, 5.74) is 0.363. The lowest BCUT2D eigenvalue weighted by Crippen LogP contribution is -2.60. The van der Waals surface area contributed by atoms with Crippen molar-refractivity contribution in [3.8, 4) is 0 Å². The second-order valence-corrected chi connectivity index (χ2v) is 7.89. The molecule has 3 heteroatoms. The first-order chi connectivity index (χ1) is 9.44. The summed E-state index contributed by atoms with van der Waals surface area (Å²) in [4.78, 5) is 5.39. The van der Waals surface area contributed by atoms with E-state index in [0.29, 0.717) is 11.5 Å². The zero-order chi connectivity index (χ0) is 14.8. The van der Waals surface area contributed by atoms with Gasteiger partial charge in [-0.1, -0.05) is 34.6 Å². The molecule has 3 nitrogen and oxygen atoms in total. The lowest BCUT2D eigenvalue weighted by atomic mass is 9.84. The lowest BCUT2D eigenvalue weighted by molar-refractivity contribution is 0.0707. The molecule has 0 spiro atoms. The molecule has 2 fully saturated rings. The van der Waals surface area contributed by atoms with Gasteiger partial charge in [-0.15, -0.1) is 0 Å². The van der Waals surface area contributed by atoms with Crippen LogP contribution in [-0.2, 0) is 0 Å². The van der Waals surface area contributed by atoms with Gasteiger partial charge in [-0.2, -0.15) is 0 Å². The van der Waals surface area contributed by atoms with Gasteiger partial charge in [-0.25, -0.2) is 0 Å². The van der Waals surface area contributed by atoms with Crippen molar-refractivity contribution in [2.45, 2.75) is 59.5 Å². The van der Waals surface area contributed by atoms with Crippen LogP contribution in [0.2, 0.25) is 0 Å². The van der Waals surface area contributed by atoms with Gasteiger partial charge >= 0.3 is 0 Å². The first-order valence-corrected chi connectivity index (χ1v) is 8.63. The fraction of sp³-hybridized carbons (Fsp3) is 1.00. The van der Waals surface area contributed by atoms with Gasteiger partial charge in [0.2, 0.25) is 0 Å². The predicted molar refractivity (Wildman–Crippen MR) is 87.1 cm³/mol. The van der Waals surface area contributed by atoms with Gasteiger partial charge in [0, 0.05) is 38.3 Å². The van der Waals surface area contributed by atoms with Crippen LogP contribution in [0.1, 0.15) is 47.5 Å². The third-order valence-electron chi connectivity index (χ3n) is 5.36. The van der Waals surface area contributed by atoms with E-state index in [-0.39, 0.29) is 0 Å². The first kappa shape index (κ1) is 16.3. The molecule has 20 heavy (non-hydrogen) atoms. The summed E-state index contributed by atoms with van der Waals surface area (Å²) in [6.45, 7) is 19.3. The van der Waals surface area contributed by atoms with Crippen LogP contribution in [0.5, 0.6) is 0 Å². The number of nitrogens with zero attached hydrogens (tertiary/aromatic N) is 2. The molecule has 118 valence electrons. The molecule has 2 rings (SSSR count). The maximum Gasteiger partial charge on any atom is 0.0244 e. The predicted octanol–water partition coefficient (Wildman–Crippen LogP) is 2.43. The second kappa shape index (κ2) is 6.76. The van der Waals surface area contributed by atoms with Gasteiger partial charge in [0.05, 0.1) is 0 Å². The van der Waals surface area contributed by atoms with Gasteiger partial charge in [-0.3, -0.25) is 4.90 Å². The van der Waals surface area contributed by atoms with E-state index in [1.54, 1.807) is 0 Å². The molecule has 3 atom stereocenters. The van der Waals surface area contributed by atoms with E-state index >= 15 is 0 Å². The maximum atomic E-state index is 3.78. The summed E-state index contributed by atoms with van der Waals surface area (Å²) < 4.78 is 0. The summed E-state index contributed by atoms with van der Waals surface area (Å²) >= 11 is 0. The minimum atomic E-state index is 0.363. The molecule has 0 aromatic heterocycles. The Morgan fingerprint density at radius 1 is 1.15 bits per heavy atom. The molecule has 0 aliphatic carbocycles. The molecule has 0 saturated carbocycles. The SMILES string of the molecule is CCC1CNC(C(C)(C)C)CN1CC1CCN(CC)C1. The molecule has 2 aliphatic heterocycles. The van der Waals surface area contributed by atoms with Crippen LogP contribution in [0.4, 0.5) is 0 Å². The van der Waals surface area contributed by atoms with Gasteiger partial charge in [0.25, 0.3) is 0 Å². The van der Waals surface area contributed by atoms with E-state index in [4.69, 9.17) is 0 Å². The van der Waals surface area contributed by atoms with Crippen molar-refractivity contribution in [1.82, 2.24) is 15.1 Å². The van der Waals surface area contributed by atoms with Crippen LogP contribution in [0, 0.1) is 11.3 Å². The highest BCUT2D eigenvalue weighted by Gasteiger charge is 2.35. The van der Waals surface area contributed by atoms with E-state index in [2.05, 4.69) is 49.7 Å². The van der Waals surface area contributed by atoms with Crippen molar-refractivity contribution in [1.29, 1.82) is 0 Å². The summed E-state index contributed by atoms with van der Waals surface area (Å²) in [6.07, 6.45) is 2.67. The Hall–Kier alpha value is -0.120. The van der Waals surface area contributed by atoms with Crippen LogP contribution in [0.3, 0.4) is 0 Å². The Morgan fingerprint density at radius 2 is 1.90 bits per heavy atom. The Kier molecular flexibility index (Phi) is 5.49. The van der Waals surface area contributed by atoms with Gasteiger partial charge in [-0.05, 0) is 37.3 Å². The zero-order valence-corrected chi connectivity index (χ0v) is 14.3. The fourth-order valence-corrected chi connectivity index (χ4v) is 3.74. The normalized spacial score (nSPS) is 33.8. The number of likely N-dealkylation sites (tertiary alicyclic amines) is 1. The molecule has 2 heterocycles. The Labute approximate surface area is 126 Å². The van der Waals surface area contributed by atoms with Crippen LogP contribution in [0.15, 0.2) is 0 Å². The molecule has 3 unspecified atom stereocenters. The van der Waals surface area contributed by atoms with Crippen LogP contribution < -0.4 is 5.32 Å². The molecule has 0 radical (unpaired) electrons. The second-order valence-electron chi connectivity index (χ2n) is 7.89. The average molecular weight is 281 g/mol. The van der Waals surface area contributed by atoms with Gasteiger partial charge in [0.15, 0.2) is 0 Å². The summed E-state index contributed by atoms with van der Waals surface area (Å²) in [7, 11) is 0. The zero-order valence-electron chi connectivity index (χ0n) is 14.3. The fourth-order valence-electron chi connectivity index (χ4n) is 3.74. The summed E-state index contributed by atoms with van der Waals surface area (Å²) in [5.74, 6) is 0.891. The smallest absolute Gasteiger partial charge is 0.0244 e. The molecule has 2 saturated heterocycles. The maximum absolute atomic E-state index is 3.78. The molecule has 0 aromatic rings. The molecule has 1 N–H and O–H groups in total. The van der Waals surface area contributed by atoms with E-state index in [0.717, 1.165) is 12.0 Å². The number of hydrogen-bond donors (Lipinski definition) is 1. The van der Waals surface area contributed by atoms with Crippen molar-refractivity contribution >= 4 is 0 Å². The van der Waals surface area contributed by atoms with Crippen LogP contribution in [0.25, 0.3) is 0 Å². The minimum absolute atomic E-state index is 0.363. The quantitative estimate of drug-likeness (QED) is 0.854. The number of piperazine rings is 1. The largest absolute Gasteiger partial charge is 0.311 e. The number of hydrogen-bond acceptors (Lipinski definition) is 3. The van der Waals surface area contributed by atoms with Crippen LogP contribution >= 0.6 is 0 Å². The van der Waals surface area contributed by atoms with Crippen LogP contribution in [-0.4, -0.2) is 61.2 Å². The molecular weight excluding hydrogens is 246 g/mol. The third-order valence-corrected chi connectivity index (χ3v) is 5.36. The minimum Gasteiger partial charge on any atom is -0.311 e. The molecule has 0 aromatic carbocycles. The van der Waals surface area contributed by atoms with E-state index in [9.17, 15) is 0 Å². The number of nitrogens with one attached hydrogen (secondary N) is 1. The molecule has 0 bridgehead atoms. The van der Waals surface area contributed by atoms with Crippen molar-refractivity contribution in [3.05, 3.63) is 0 Å². The van der Waals surface area contributed by atoms with E-state index in [1.807, 2.05) is 0 Å². The van der Waals surface area contributed by atoms with Crippen molar-refractivity contribution < 1.29 is 0 Å². The summed E-state index contributed by atoms with van der Waals surface area (Å²) in [5, 5.41) is 3.78. The van der Waals surface area contributed by atoms with Crippen molar-refractivity contribution in [3.63, 3.8) is 0 Å². The highest BCUT2D eigenvalue weighted by Crippen LogP contribution is 2.26. The third kappa shape index (κ3) is 3.96. The standard InChI is InChI=1S/C17H35N3/c1-6-15-10-18-16(17(3,4)5)13-20(15)12-14-8-9-19(7-2)11-14/h14-16,18H,6-13H2,1-5H3. The average Bonchev–Trinajstić information content (AvgIpc) is 2.85. The highest BCUT2D eigenvalue weighted by molar-refractivity contribution is 4.93. The Bertz CT molecular complexity index is 297. The summed E-state index contributed by atoms with van der Waals surface area (Å²) in [6, 6.07) is 1.37. The molecular formula is C17H35N3. The van der Waals surface area contributed by atoms with Crippen molar-refractivity contribution in [2.24, 2.45) is 11.3 Å². The Balaban J connectivity index is 1.92.